The summed E-state index contributed by atoms with van der Waals surface area (Å²) in [5.41, 5.74) is 9.37. The van der Waals surface area contributed by atoms with Crippen LogP contribution >= 0.6 is 11.8 Å². The standard InChI is InChI=1S/C14H23N3S/c1-11-8-14(12(9-15)10-16-11)17-6-3-4-13(18-2)5-7-17/h8,10,13H,3-7,9,15H2,1-2H3. The van der Waals surface area contributed by atoms with E-state index in [0.29, 0.717) is 6.54 Å². The highest BCUT2D eigenvalue weighted by atomic mass is 32.2. The zero-order valence-corrected chi connectivity index (χ0v) is 12.2. The number of pyridine rings is 1. The summed E-state index contributed by atoms with van der Waals surface area (Å²) in [4.78, 5) is 6.84. The monoisotopic (exact) mass is 265 g/mol. The number of thioether (sulfide) groups is 1. The van der Waals surface area contributed by atoms with Gasteiger partial charge in [-0.2, -0.15) is 11.8 Å². The molecule has 1 saturated heterocycles. The molecular formula is C14H23N3S. The van der Waals surface area contributed by atoms with Crippen molar-refractivity contribution in [2.75, 3.05) is 24.2 Å². The van der Waals surface area contributed by atoms with Gasteiger partial charge in [0.15, 0.2) is 0 Å². The number of anilines is 1. The van der Waals surface area contributed by atoms with Crippen molar-refractivity contribution in [3.63, 3.8) is 0 Å². The summed E-state index contributed by atoms with van der Waals surface area (Å²) < 4.78 is 0. The first-order valence-corrected chi connectivity index (χ1v) is 7.96. The lowest BCUT2D eigenvalue weighted by molar-refractivity contribution is 0.745. The Kier molecular flexibility index (Phi) is 4.89. The maximum Gasteiger partial charge on any atom is 0.0445 e. The maximum absolute atomic E-state index is 5.83. The SMILES string of the molecule is CSC1CCCN(c2cc(C)ncc2CN)CC1. The molecule has 2 rings (SSSR count). The zero-order chi connectivity index (χ0) is 13.0. The van der Waals surface area contributed by atoms with E-state index in [0.717, 1.165) is 24.0 Å². The van der Waals surface area contributed by atoms with Crippen molar-refractivity contribution in [2.24, 2.45) is 5.73 Å². The van der Waals surface area contributed by atoms with E-state index in [1.54, 1.807) is 0 Å². The smallest absolute Gasteiger partial charge is 0.0445 e. The van der Waals surface area contributed by atoms with Crippen LogP contribution in [0.5, 0.6) is 0 Å². The Hall–Kier alpha value is -0.740. The highest BCUT2D eigenvalue weighted by molar-refractivity contribution is 7.99. The minimum absolute atomic E-state index is 0.574. The molecule has 0 spiro atoms. The second kappa shape index (κ2) is 6.43. The first kappa shape index (κ1) is 13.7. The van der Waals surface area contributed by atoms with Crippen LogP contribution in [0, 0.1) is 6.92 Å². The van der Waals surface area contributed by atoms with Crippen LogP contribution in [0.15, 0.2) is 12.3 Å². The number of aromatic nitrogens is 1. The summed E-state index contributed by atoms with van der Waals surface area (Å²) in [6.07, 6.45) is 8.03. The van der Waals surface area contributed by atoms with Gasteiger partial charge in [-0.05, 0) is 38.5 Å². The molecule has 0 aromatic carbocycles. The molecule has 0 aliphatic carbocycles. The molecule has 1 aliphatic rings. The van der Waals surface area contributed by atoms with Crippen LogP contribution in [0.3, 0.4) is 0 Å². The summed E-state index contributed by atoms with van der Waals surface area (Å²) in [6, 6.07) is 2.18. The van der Waals surface area contributed by atoms with Crippen molar-refractivity contribution in [2.45, 2.75) is 38.0 Å². The van der Waals surface area contributed by atoms with Gasteiger partial charge in [0.1, 0.15) is 0 Å². The first-order chi connectivity index (χ1) is 8.74. The number of nitrogens with two attached hydrogens (primary N) is 1. The van der Waals surface area contributed by atoms with Gasteiger partial charge in [0.2, 0.25) is 0 Å². The Bertz CT molecular complexity index is 395. The largest absolute Gasteiger partial charge is 0.371 e. The molecule has 1 aliphatic heterocycles. The van der Waals surface area contributed by atoms with Gasteiger partial charge in [-0.15, -0.1) is 0 Å². The van der Waals surface area contributed by atoms with Gasteiger partial charge in [0.25, 0.3) is 0 Å². The third-order valence-electron chi connectivity index (χ3n) is 3.67. The number of aryl methyl sites for hydroxylation is 1. The molecule has 0 radical (unpaired) electrons. The van der Waals surface area contributed by atoms with Crippen LogP contribution in [0.4, 0.5) is 5.69 Å². The summed E-state index contributed by atoms with van der Waals surface area (Å²) in [5, 5.41) is 0.819. The molecule has 1 aromatic heterocycles. The van der Waals surface area contributed by atoms with Crippen LogP contribution < -0.4 is 10.6 Å². The van der Waals surface area contributed by atoms with Crippen molar-refractivity contribution >= 4 is 17.4 Å². The normalized spacial score (nSPS) is 20.8. The predicted octanol–water partition coefficient (Wildman–Crippen LogP) is 2.57. The van der Waals surface area contributed by atoms with Gasteiger partial charge in [-0.3, -0.25) is 4.98 Å². The molecule has 2 N–H and O–H groups in total. The van der Waals surface area contributed by atoms with Crippen molar-refractivity contribution in [3.05, 3.63) is 23.5 Å². The lowest BCUT2D eigenvalue weighted by Gasteiger charge is -2.25. The predicted molar refractivity (Wildman–Crippen MR) is 80.2 cm³/mol. The Morgan fingerprint density at radius 1 is 1.44 bits per heavy atom. The van der Waals surface area contributed by atoms with Gasteiger partial charge < -0.3 is 10.6 Å². The fourth-order valence-corrected chi connectivity index (χ4v) is 3.31. The highest BCUT2D eigenvalue weighted by Gasteiger charge is 2.18. The molecule has 1 atom stereocenters. The van der Waals surface area contributed by atoms with Crippen molar-refractivity contribution in [1.29, 1.82) is 0 Å². The number of rotatable bonds is 3. The first-order valence-electron chi connectivity index (χ1n) is 6.68. The molecule has 0 bridgehead atoms. The van der Waals surface area contributed by atoms with Crippen LogP contribution in [0.1, 0.15) is 30.5 Å². The van der Waals surface area contributed by atoms with Gasteiger partial charge >= 0.3 is 0 Å². The minimum atomic E-state index is 0.574. The number of hydrogen-bond donors (Lipinski definition) is 1. The molecule has 0 amide bonds. The second-order valence-corrected chi connectivity index (χ2v) is 6.07. The molecule has 2 heterocycles. The minimum Gasteiger partial charge on any atom is -0.371 e. The van der Waals surface area contributed by atoms with E-state index in [9.17, 15) is 0 Å². The van der Waals surface area contributed by atoms with E-state index in [2.05, 4.69) is 22.2 Å². The highest BCUT2D eigenvalue weighted by Crippen LogP contribution is 2.27. The maximum atomic E-state index is 5.83. The van der Waals surface area contributed by atoms with Gasteiger partial charge in [-0.25, -0.2) is 0 Å². The Labute approximate surface area is 114 Å². The van der Waals surface area contributed by atoms with Crippen LogP contribution in [-0.4, -0.2) is 29.6 Å². The van der Waals surface area contributed by atoms with E-state index in [-0.39, 0.29) is 0 Å². The van der Waals surface area contributed by atoms with E-state index in [1.165, 1.54) is 30.5 Å². The quantitative estimate of drug-likeness (QED) is 0.912. The number of hydrogen-bond acceptors (Lipinski definition) is 4. The summed E-state index contributed by atoms with van der Waals surface area (Å²) >= 11 is 2.01. The van der Waals surface area contributed by atoms with E-state index < -0.39 is 0 Å². The van der Waals surface area contributed by atoms with Crippen LogP contribution in [0.2, 0.25) is 0 Å². The van der Waals surface area contributed by atoms with Gasteiger partial charge in [0, 0.05) is 48.0 Å². The molecule has 1 aromatic rings. The fraction of sp³-hybridized carbons (Fsp3) is 0.643. The lowest BCUT2D eigenvalue weighted by Crippen LogP contribution is -2.26. The van der Waals surface area contributed by atoms with E-state index in [4.69, 9.17) is 5.73 Å². The third-order valence-corrected chi connectivity index (χ3v) is 4.81. The molecule has 1 unspecified atom stereocenters. The van der Waals surface area contributed by atoms with Crippen molar-refractivity contribution < 1.29 is 0 Å². The molecule has 3 nitrogen and oxygen atoms in total. The van der Waals surface area contributed by atoms with Crippen LogP contribution in [-0.2, 0) is 6.54 Å². The molecule has 100 valence electrons. The fourth-order valence-electron chi connectivity index (χ4n) is 2.57. The van der Waals surface area contributed by atoms with E-state index in [1.807, 2.05) is 24.9 Å². The molecule has 18 heavy (non-hydrogen) atoms. The molecule has 1 fully saturated rings. The molecule has 4 heteroatoms. The van der Waals surface area contributed by atoms with Gasteiger partial charge in [-0.1, -0.05) is 0 Å². The average molecular weight is 265 g/mol. The topological polar surface area (TPSA) is 42.2 Å². The van der Waals surface area contributed by atoms with Crippen LogP contribution in [0.25, 0.3) is 0 Å². The lowest BCUT2D eigenvalue weighted by atomic mass is 10.2. The summed E-state index contributed by atoms with van der Waals surface area (Å²) in [7, 11) is 0. The summed E-state index contributed by atoms with van der Waals surface area (Å²) in [6.45, 7) is 4.91. The van der Waals surface area contributed by atoms with Crippen molar-refractivity contribution in [3.8, 4) is 0 Å². The van der Waals surface area contributed by atoms with E-state index >= 15 is 0 Å². The molecular weight excluding hydrogens is 242 g/mol. The Morgan fingerprint density at radius 3 is 3.00 bits per heavy atom. The Balaban J connectivity index is 2.17. The number of nitrogens with zero attached hydrogens (tertiary/aromatic N) is 2. The molecule has 0 saturated carbocycles. The third kappa shape index (κ3) is 3.18. The summed E-state index contributed by atoms with van der Waals surface area (Å²) in [5.74, 6) is 0. The Morgan fingerprint density at radius 2 is 2.28 bits per heavy atom. The zero-order valence-electron chi connectivity index (χ0n) is 11.4. The van der Waals surface area contributed by atoms with Gasteiger partial charge in [0.05, 0.1) is 0 Å². The van der Waals surface area contributed by atoms with Crippen molar-refractivity contribution in [1.82, 2.24) is 4.98 Å². The second-order valence-electron chi connectivity index (χ2n) is 4.93. The average Bonchev–Trinajstić information content (AvgIpc) is 2.63.